The molecule has 0 aromatic carbocycles. The lowest BCUT2D eigenvalue weighted by molar-refractivity contribution is -0.125. The van der Waals surface area contributed by atoms with Crippen LogP contribution >= 0.6 is 0 Å². The Labute approximate surface area is 110 Å². The highest BCUT2D eigenvalue weighted by molar-refractivity contribution is 5.81. The minimum atomic E-state index is -0.417. The number of carbonyl (C=O) groups excluding carboxylic acids is 1. The van der Waals surface area contributed by atoms with Crippen molar-refractivity contribution < 1.29 is 9.90 Å². The highest BCUT2D eigenvalue weighted by atomic mass is 16.3. The van der Waals surface area contributed by atoms with Gasteiger partial charge in [-0.05, 0) is 38.0 Å². The molecule has 0 aromatic heterocycles. The van der Waals surface area contributed by atoms with Crippen LogP contribution in [0.1, 0.15) is 51.9 Å². The van der Waals surface area contributed by atoms with Crippen LogP contribution in [-0.2, 0) is 4.79 Å². The second-order valence-corrected chi connectivity index (χ2v) is 5.75. The molecule has 0 bridgehead atoms. The third-order valence-corrected chi connectivity index (χ3v) is 4.45. The van der Waals surface area contributed by atoms with Gasteiger partial charge < -0.3 is 15.7 Å². The Morgan fingerprint density at radius 1 is 1.33 bits per heavy atom. The van der Waals surface area contributed by atoms with Gasteiger partial charge in [-0.1, -0.05) is 19.8 Å². The Kier molecular flexibility index (Phi) is 5.01. The summed E-state index contributed by atoms with van der Waals surface area (Å²) in [4.78, 5) is 12.0. The quantitative estimate of drug-likeness (QED) is 0.706. The fourth-order valence-electron chi connectivity index (χ4n) is 3.19. The predicted octanol–water partition coefficient (Wildman–Crippen LogP) is 1.18. The molecule has 2 rings (SSSR count). The third kappa shape index (κ3) is 3.45. The standard InChI is InChI=1S/C14H26N2O2/c1-2-11(17)9-15-14(18)13-8-7-10-5-3-4-6-12(10)16-13/h10-13,16-17H,2-9H2,1H3,(H,15,18). The maximum absolute atomic E-state index is 12.0. The van der Waals surface area contributed by atoms with Crippen LogP contribution in [0.15, 0.2) is 0 Å². The van der Waals surface area contributed by atoms with Crippen molar-refractivity contribution in [2.24, 2.45) is 5.92 Å². The van der Waals surface area contributed by atoms with Gasteiger partial charge in [0.25, 0.3) is 0 Å². The van der Waals surface area contributed by atoms with Crippen molar-refractivity contribution in [1.29, 1.82) is 0 Å². The summed E-state index contributed by atoms with van der Waals surface area (Å²) in [7, 11) is 0. The number of piperidine rings is 1. The molecule has 1 amide bonds. The molecule has 1 aliphatic carbocycles. The summed E-state index contributed by atoms with van der Waals surface area (Å²) in [5.74, 6) is 0.843. The molecular weight excluding hydrogens is 228 g/mol. The highest BCUT2D eigenvalue weighted by Crippen LogP contribution is 2.32. The van der Waals surface area contributed by atoms with Gasteiger partial charge >= 0.3 is 0 Å². The molecule has 4 atom stereocenters. The van der Waals surface area contributed by atoms with Crippen molar-refractivity contribution in [1.82, 2.24) is 10.6 Å². The summed E-state index contributed by atoms with van der Waals surface area (Å²) in [5.41, 5.74) is 0. The SMILES string of the molecule is CCC(O)CNC(=O)C1CCC2CCCCC2N1. The number of aliphatic hydroxyl groups is 1. The molecule has 1 saturated heterocycles. The lowest BCUT2D eigenvalue weighted by atomic mass is 9.77. The van der Waals surface area contributed by atoms with E-state index in [1.165, 1.54) is 32.1 Å². The number of rotatable bonds is 4. The molecule has 4 heteroatoms. The van der Waals surface area contributed by atoms with Gasteiger partial charge in [0.1, 0.15) is 0 Å². The van der Waals surface area contributed by atoms with Crippen LogP contribution in [-0.4, -0.2) is 35.7 Å². The first-order chi connectivity index (χ1) is 8.70. The summed E-state index contributed by atoms with van der Waals surface area (Å²) in [6.45, 7) is 2.30. The van der Waals surface area contributed by atoms with Gasteiger partial charge in [-0.15, -0.1) is 0 Å². The van der Waals surface area contributed by atoms with Crippen molar-refractivity contribution in [2.45, 2.75) is 70.1 Å². The number of amides is 1. The van der Waals surface area contributed by atoms with E-state index in [1.54, 1.807) is 0 Å². The van der Waals surface area contributed by atoms with E-state index in [0.29, 0.717) is 19.0 Å². The molecule has 0 radical (unpaired) electrons. The lowest BCUT2D eigenvalue weighted by Gasteiger charge is -2.39. The average molecular weight is 254 g/mol. The van der Waals surface area contributed by atoms with Gasteiger partial charge in [-0.2, -0.15) is 0 Å². The van der Waals surface area contributed by atoms with Crippen molar-refractivity contribution >= 4 is 5.91 Å². The van der Waals surface area contributed by atoms with E-state index in [0.717, 1.165) is 12.3 Å². The third-order valence-electron chi connectivity index (χ3n) is 4.45. The maximum atomic E-state index is 12.0. The molecule has 1 aliphatic heterocycles. The van der Waals surface area contributed by atoms with Crippen molar-refractivity contribution in [2.75, 3.05) is 6.54 Å². The zero-order valence-electron chi connectivity index (χ0n) is 11.3. The van der Waals surface area contributed by atoms with E-state index in [-0.39, 0.29) is 11.9 Å². The molecule has 2 fully saturated rings. The van der Waals surface area contributed by atoms with E-state index >= 15 is 0 Å². The summed E-state index contributed by atoms with van der Waals surface area (Å²) < 4.78 is 0. The zero-order valence-corrected chi connectivity index (χ0v) is 11.3. The first kappa shape index (κ1) is 13.8. The van der Waals surface area contributed by atoms with E-state index < -0.39 is 6.10 Å². The summed E-state index contributed by atoms with van der Waals surface area (Å²) in [5, 5.41) is 15.8. The second-order valence-electron chi connectivity index (χ2n) is 5.75. The van der Waals surface area contributed by atoms with Crippen LogP contribution in [0.3, 0.4) is 0 Å². The summed E-state index contributed by atoms with van der Waals surface area (Å²) in [6.07, 6.45) is 7.55. The molecule has 4 unspecified atom stereocenters. The largest absolute Gasteiger partial charge is 0.391 e. The number of aliphatic hydroxyl groups excluding tert-OH is 1. The first-order valence-electron chi connectivity index (χ1n) is 7.42. The number of nitrogens with one attached hydrogen (secondary N) is 2. The van der Waals surface area contributed by atoms with Crippen LogP contribution in [0, 0.1) is 5.92 Å². The minimum absolute atomic E-state index is 0.0478. The molecule has 2 aliphatic rings. The summed E-state index contributed by atoms with van der Waals surface area (Å²) in [6, 6.07) is 0.493. The lowest BCUT2D eigenvalue weighted by Crippen LogP contribution is -2.55. The van der Waals surface area contributed by atoms with Crippen LogP contribution in [0.4, 0.5) is 0 Å². The van der Waals surface area contributed by atoms with Crippen LogP contribution in [0.5, 0.6) is 0 Å². The van der Waals surface area contributed by atoms with Crippen molar-refractivity contribution in [3.05, 3.63) is 0 Å². The van der Waals surface area contributed by atoms with E-state index in [9.17, 15) is 9.90 Å². The monoisotopic (exact) mass is 254 g/mol. The zero-order chi connectivity index (χ0) is 13.0. The number of fused-ring (bicyclic) bond motifs is 1. The van der Waals surface area contributed by atoms with Crippen molar-refractivity contribution in [3.8, 4) is 0 Å². The predicted molar refractivity (Wildman–Crippen MR) is 71.2 cm³/mol. The molecule has 104 valence electrons. The fraction of sp³-hybridized carbons (Fsp3) is 0.929. The normalized spacial score (nSPS) is 33.6. The molecule has 18 heavy (non-hydrogen) atoms. The molecule has 0 spiro atoms. The smallest absolute Gasteiger partial charge is 0.237 e. The minimum Gasteiger partial charge on any atom is -0.391 e. The first-order valence-corrected chi connectivity index (χ1v) is 7.42. The van der Waals surface area contributed by atoms with Gasteiger partial charge in [0, 0.05) is 12.6 Å². The number of hydrogen-bond acceptors (Lipinski definition) is 3. The van der Waals surface area contributed by atoms with E-state index in [1.807, 2.05) is 6.92 Å². The summed E-state index contributed by atoms with van der Waals surface area (Å²) >= 11 is 0. The molecular formula is C14H26N2O2. The average Bonchev–Trinajstić information content (AvgIpc) is 2.43. The van der Waals surface area contributed by atoms with Crippen molar-refractivity contribution in [3.63, 3.8) is 0 Å². The van der Waals surface area contributed by atoms with Gasteiger partial charge in [0.2, 0.25) is 5.91 Å². The Morgan fingerprint density at radius 3 is 2.89 bits per heavy atom. The van der Waals surface area contributed by atoms with Gasteiger partial charge in [0.15, 0.2) is 0 Å². The maximum Gasteiger partial charge on any atom is 0.237 e. The van der Waals surface area contributed by atoms with E-state index in [2.05, 4.69) is 10.6 Å². The Balaban J connectivity index is 1.77. The van der Waals surface area contributed by atoms with Crippen LogP contribution in [0.2, 0.25) is 0 Å². The van der Waals surface area contributed by atoms with E-state index in [4.69, 9.17) is 0 Å². The number of carbonyl (C=O) groups is 1. The van der Waals surface area contributed by atoms with Gasteiger partial charge in [-0.25, -0.2) is 0 Å². The fourth-order valence-corrected chi connectivity index (χ4v) is 3.19. The molecule has 4 nitrogen and oxygen atoms in total. The Morgan fingerprint density at radius 2 is 2.11 bits per heavy atom. The topological polar surface area (TPSA) is 61.4 Å². The molecule has 3 N–H and O–H groups in total. The Hall–Kier alpha value is -0.610. The van der Waals surface area contributed by atoms with Crippen LogP contribution < -0.4 is 10.6 Å². The second kappa shape index (κ2) is 6.53. The number of hydrogen-bond donors (Lipinski definition) is 3. The molecule has 1 heterocycles. The Bertz CT molecular complexity index is 283. The van der Waals surface area contributed by atoms with Gasteiger partial charge in [0.05, 0.1) is 12.1 Å². The van der Waals surface area contributed by atoms with Crippen LogP contribution in [0.25, 0.3) is 0 Å². The highest BCUT2D eigenvalue weighted by Gasteiger charge is 2.34. The van der Waals surface area contributed by atoms with Gasteiger partial charge in [-0.3, -0.25) is 4.79 Å². The molecule has 1 saturated carbocycles. The molecule has 0 aromatic rings.